The van der Waals surface area contributed by atoms with E-state index >= 15 is 0 Å². The van der Waals surface area contributed by atoms with Crippen molar-refractivity contribution >= 4 is 17.6 Å². The first-order valence-corrected chi connectivity index (χ1v) is 4.65. The highest BCUT2D eigenvalue weighted by atomic mass is 16.5. The fourth-order valence-corrected chi connectivity index (χ4v) is 0.581. The molecule has 0 amide bonds. The maximum absolute atomic E-state index is 10.2. The molecule has 0 bridgehead atoms. The predicted octanol–water partition coefficient (Wildman–Crippen LogP) is -0.647. The Morgan fingerprint density at radius 2 is 2.11 bits per heavy atom. The Kier molecular flexibility index (Phi) is 12.4. The number of hydrogen-bond donors (Lipinski definition) is 5. The van der Waals surface area contributed by atoms with Crippen LogP contribution >= 0.6 is 0 Å². The maximum Gasteiger partial charge on any atom is 0.320 e. The molecule has 0 heterocycles. The third-order valence-electron chi connectivity index (χ3n) is 1.26. The van der Waals surface area contributed by atoms with E-state index in [0.717, 1.165) is 0 Å². The average Bonchev–Trinajstić information content (AvgIpc) is 2.37. The van der Waals surface area contributed by atoms with Gasteiger partial charge in [-0.15, -0.1) is 0 Å². The van der Waals surface area contributed by atoms with Gasteiger partial charge in [0.2, 0.25) is 0 Å². The first kappa shape index (κ1) is 17.8. The van der Waals surface area contributed by atoms with Crippen LogP contribution in [-0.4, -0.2) is 39.9 Å². The van der Waals surface area contributed by atoms with Crippen LogP contribution in [0.2, 0.25) is 0 Å². The van der Waals surface area contributed by atoms with Crippen LogP contribution in [0.3, 0.4) is 0 Å². The largest absolute Gasteiger partial charge is 0.465 e. The Labute approximate surface area is 103 Å². The van der Waals surface area contributed by atoms with E-state index in [9.17, 15) is 4.79 Å². The van der Waals surface area contributed by atoms with Crippen LogP contribution in [0.4, 0.5) is 0 Å². The highest BCUT2D eigenvalue weighted by molar-refractivity contribution is 6.00. The second kappa shape index (κ2) is 12.5. The molecule has 0 radical (unpaired) electrons. The summed E-state index contributed by atoms with van der Waals surface area (Å²) in [6, 6.07) is 1.68. The lowest BCUT2D eigenvalue weighted by atomic mass is 10.4. The minimum absolute atomic E-state index is 0.145. The van der Waals surface area contributed by atoms with Crippen LogP contribution in [0.15, 0.2) is 10.3 Å². The highest BCUT2D eigenvalue weighted by Gasteiger charge is 2.00. The van der Waals surface area contributed by atoms with Crippen LogP contribution < -0.4 is 11.2 Å². The van der Waals surface area contributed by atoms with E-state index in [-0.39, 0.29) is 24.5 Å². The summed E-state index contributed by atoms with van der Waals surface area (Å²) >= 11 is 0. The minimum Gasteiger partial charge on any atom is -0.465 e. The summed E-state index contributed by atoms with van der Waals surface area (Å²) in [5.41, 5.74) is 6.53. The summed E-state index contributed by atoms with van der Waals surface area (Å²) < 4.78 is 4.42. The van der Waals surface area contributed by atoms with Gasteiger partial charge < -0.3 is 20.9 Å². The second-order valence-electron chi connectivity index (χ2n) is 2.57. The number of esters is 1. The van der Waals surface area contributed by atoms with Crippen LogP contribution in [0.25, 0.3) is 0 Å². The number of nitrogens with two attached hydrogens (primary N) is 1. The molecule has 0 atom stereocenters. The van der Waals surface area contributed by atoms with Crippen molar-refractivity contribution in [3.8, 4) is 6.07 Å². The van der Waals surface area contributed by atoms with Crippen molar-refractivity contribution in [2.45, 2.75) is 19.8 Å². The molecule has 0 saturated carbocycles. The monoisotopic (exact) mass is 261 g/mol. The number of rotatable bonds is 4. The molecular formula is C8H15N5O5. The van der Waals surface area contributed by atoms with Crippen molar-refractivity contribution in [3.05, 3.63) is 0 Å². The van der Waals surface area contributed by atoms with Gasteiger partial charge in [0.05, 0.1) is 19.1 Å². The van der Waals surface area contributed by atoms with Gasteiger partial charge in [-0.25, -0.2) is 0 Å². The molecule has 18 heavy (non-hydrogen) atoms. The third kappa shape index (κ3) is 11.5. The molecule has 0 saturated heterocycles. The molecule has 10 nitrogen and oxygen atoms in total. The van der Waals surface area contributed by atoms with Crippen LogP contribution in [0.1, 0.15) is 19.8 Å². The van der Waals surface area contributed by atoms with Gasteiger partial charge in [-0.2, -0.15) is 5.26 Å². The molecule has 0 aliphatic carbocycles. The lowest BCUT2D eigenvalue weighted by Gasteiger charge is -1.98. The SMILES string of the molecule is CCOC(=O)CC#N.N/C(C/C(=N/O)NO)=N/O. The van der Waals surface area contributed by atoms with E-state index in [1.54, 1.807) is 18.5 Å². The van der Waals surface area contributed by atoms with E-state index in [2.05, 4.69) is 15.0 Å². The molecule has 102 valence electrons. The molecule has 0 spiro atoms. The Morgan fingerprint density at radius 1 is 1.50 bits per heavy atom. The van der Waals surface area contributed by atoms with E-state index in [4.69, 9.17) is 26.6 Å². The number of nitrogens with one attached hydrogen (secondary N) is 1. The zero-order chi connectivity index (χ0) is 14.4. The van der Waals surface area contributed by atoms with Gasteiger partial charge in [0.25, 0.3) is 0 Å². The van der Waals surface area contributed by atoms with Crippen LogP contribution in [0.5, 0.6) is 0 Å². The van der Waals surface area contributed by atoms with Gasteiger partial charge in [0.1, 0.15) is 12.3 Å². The first-order valence-electron chi connectivity index (χ1n) is 4.65. The summed E-state index contributed by atoms with van der Waals surface area (Å²) in [5.74, 6) is -0.820. The molecule has 0 aromatic rings. The van der Waals surface area contributed by atoms with E-state index in [1.165, 1.54) is 0 Å². The van der Waals surface area contributed by atoms with Gasteiger partial charge in [0.15, 0.2) is 5.84 Å². The van der Waals surface area contributed by atoms with E-state index < -0.39 is 5.97 Å². The molecule has 0 unspecified atom stereocenters. The highest BCUT2D eigenvalue weighted by Crippen LogP contribution is 1.81. The summed E-state index contributed by atoms with van der Waals surface area (Å²) in [6.07, 6.45) is -0.294. The van der Waals surface area contributed by atoms with Gasteiger partial charge in [-0.05, 0) is 6.92 Å². The zero-order valence-corrected chi connectivity index (χ0v) is 9.70. The number of hydrogen-bond acceptors (Lipinski definition) is 8. The molecule has 0 aromatic carbocycles. The summed E-state index contributed by atoms with van der Waals surface area (Å²) in [5, 5.41) is 37.2. The Morgan fingerprint density at radius 3 is 2.44 bits per heavy atom. The molecule has 0 fully saturated rings. The number of carbonyl (C=O) groups excluding carboxylic acids is 1. The van der Waals surface area contributed by atoms with Crippen molar-refractivity contribution in [1.82, 2.24) is 5.48 Å². The number of nitrogens with zero attached hydrogens (tertiary/aromatic N) is 3. The fraction of sp³-hybridized carbons (Fsp3) is 0.500. The number of ether oxygens (including phenoxy) is 1. The number of nitriles is 1. The second-order valence-corrected chi connectivity index (χ2v) is 2.57. The van der Waals surface area contributed by atoms with Crippen molar-refractivity contribution in [1.29, 1.82) is 5.26 Å². The van der Waals surface area contributed by atoms with Gasteiger partial charge in [-0.3, -0.25) is 15.5 Å². The Hall–Kier alpha value is -2.54. The van der Waals surface area contributed by atoms with Crippen LogP contribution in [0, 0.1) is 11.3 Å². The van der Waals surface area contributed by atoms with Crippen molar-refractivity contribution in [2.75, 3.05) is 6.61 Å². The molecule has 0 aliphatic heterocycles. The molecule has 0 aliphatic rings. The molecular weight excluding hydrogens is 246 g/mol. The maximum atomic E-state index is 10.2. The summed E-state index contributed by atoms with van der Waals surface area (Å²) in [4.78, 5) is 10.2. The molecule has 0 aromatic heterocycles. The van der Waals surface area contributed by atoms with Gasteiger partial charge in [-0.1, -0.05) is 10.3 Å². The van der Waals surface area contributed by atoms with Gasteiger partial charge >= 0.3 is 5.97 Å². The first-order chi connectivity index (χ1) is 8.55. The summed E-state index contributed by atoms with van der Waals surface area (Å²) in [7, 11) is 0. The number of carbonyl (C=O) groups is 1. The van der Waals surface area contributed by atoms with Crippen molar-refractivity contribution in [2.24, 2.45) is 16.0 Å². The quantitative estimate of drug-likeness (QED) is 0.146. The van der Waals surface area contributed by atoms with E-state index in [0.29, 0.717) is 6.61 Å². The average molecular weight is 261 g/mol. The Balaban J connectivity index is 0. The lowest BCUT2D eigenvalue weighted by molar-refractivity contribution is -0.141. The molecule has 10 heteroatoms. The number of hydroxylamine groups is 1. The fourth-order valence-electron chi connectivity index (χ4n) is 0.581. The van der Waals surface area contributed by atoms with Crippen molar-refractivity contribution in [3.63, 3.8) is 0 Å². The minimum atomic E-state index is -0.449. The standard InChI is InChI=1S/C5H7NO2.C3H8N4O3/c1-2-8-5(7)3-4-6;4-2(5-8)1-3(6-9)7-10/h2-3H2,1H3;8-10H,1H2,(H2,4,5)(H,6,7). The van der Waals surface area contributed by atoms with Crippen LogP contribution in [-0.2, 0) is 9.53 Å². The predicted molar refractivity (Wildman–Crippen MR) is 59.0 cm³/mol. The summed E-state index contributed by atoms with van der Waals surface area (Å²) in [6.45, 7) is 2.05. The molecule has 0 rings (SSSR count). The normalized spacial score (nSPS) is 10.7. The smallest absolute Gasteiger partial charge is 0.320 e. The Bertz CT molecular complexity index is 335. The third-order valence-corrected chi connectivity index (χ3v) is 1.26. The molecule has 6 N–H and O–H groups in total. The number of oxime groups is 2. The zero-order valence-electron chi connectivity index (χ0n) is 9.70. The topological polar surface area (TPSA) is 174 Å². The van der Waals surface area contributed by atoms with Crippen molar-refractivity contribution < 1.29 is 25.2 Å². The number of amidine groups is 2. The lowest BCUT2D eigenvalue weighted by Crippen LogP contribution is -2.26. The van der Waals surface area contributed by atoms with Gasteiger partial charge in [0, 0.05) is 0 Å². The van der Waals surface area contributed by atoms with E-state index in [1.807, 2.05) is 0 Å².